The molecular weight excluding hydrogens is 408 g/mol. The van der Waals surface area contributed by atoms with Crippen LogP contribution in [0.1, 0.15) is 25.9 Å². The summed E-state index contributed by atoms with van der Waals surface area (Å²) in [5, 5.41) is 11.2. The molecule has 5 nitrogen and oxygen atoms in total. The molecule has 0 fully saturated rings. The maximum Gasteiger partial charge on any atom is 0.416 e. The van der Waals surface area contributed by atoms with Crippen LogP contribution in [0.25, 0.3) is 0 Å². The number of amides is 1. The average molecular weight is 424 g/mol. The molecule has 152 valence electrons. The fourth-order valence-corrected chi connectivity index (χ4v) is 3.34. The molecule has 0 saturated heterocycles. The molecule has 0 saturated carbocycles. The lowest BCUT2D eigenvalue weighted by atomic mass is 10.1. The van der Waals surface area contributed by atoms with Gasteiger partial charge in [0.05, 0.1) is 12.1 Å². The van der Waals surface area contributed by atoms with Gasteiger partial charge in [-0.3, -0.25) is 9.69 Å². The minimum atomic E-state index is -4.36. The van der Waals surface area contributed by atoms with Crippen LogP contribution in [-0.4, -0.2) is 28.1 Å². The summed E-state index contributed by atoms with van der Waals surface area (Å²) in [4.78, 5) is 14.1. The third-order valence-corrected chi connectivity index (χ3v) is 4.81. The zero-order chi connectivity index (χ0) is 21.0. The van der Waals surface area contributed by atoms with Gasteiger partial charge in [0, 0.05) is 12.2 Å². The Morgan fingerprint density at radius 2 is 1.69 bits per heavy atom. The van der Waals surface area contributed by atoms with E-state index in [1.165, 1.54) is 36.4 Å². The first-order valence-electron chi connectivity index (χ1n) is 8.45. The number of hydrogen-bond donors (Lipinski definition) is 1. The predicted octanol–water partition coefficient (Wildman–Crippen LogP) is 4.58. The number of rotatable bonds is 6. The van der Waals surface area contributed by atoms with Gasteiger partial charge in [0.25, 0.3) is 5.91 Å². The highest BCUT2D eigenvalue weighted by molar-refractivity contribution is 7.13. The average Bonchev–Trinajstić information content (AvgIpc) is 3.12. The third-order valence-electron chi connectivity index (χ3n) is 3.90. The second kappa shape index (κ2) is 8.66. The number of hydrogen-bond acceptors (Lipinski definition) is 5. The maximum absolute atomic E-state index is 12.9. The standard InChI is InChI=1S/C19H16F4N4OS/c1-27(10-12-2-4-13(5-3-12)19(21,22)23)11-16-25-26-18(29-16)17(28)24-15-8-6-14(20)7-9-15/h2-9H,10-11H2,1H3,(H,24,28). The quantitative estimate of drug-likeness (QED) is 0.589. The van der Waals surface area contributed by atoms with Crippen molar-refractivity contribution < 1.29 is 22.4 Å². The molecule has 0 bridgehead atoms. The SMILES string of the molecule is CN(Cc1ccc(C(F)(F)F)cc1)Cc1nnc(C(=O)Nc2ccc(F)cc2)s1. The summed E-state index contributed by atoms with van der Waals surface area (Å²) < 4.78 is 50.8. The van der Waals surface area contributed by atoms with Gasteiger partial charge in [-0.2, -0.15) is 13.2 Å². The Labute approximate surface area is 168 Å². The van der Waals surface area contributed by atoms with Crippen LogP contribution in [0.15, 0.2) is 48.5 Å². The monoisotopic (exact) mass is 424 g/mol. The molecule has 29 heavy (non-hydrogen) atoms. The van der Waals surface area contributed by atoms with Crippen molar-refractivity contribution in [2.75, 3.05) is 12.4 Å². The van der Waals surface area contributed by atoms with E-state index in [4.69, 9.17) is 0 Å². The van der Waals surface area contributed by atoms with E-state index in [0.29, 0.717) is 23.8 Å². The summed E-state index contributed by atoms with van der Waals surface area (Å²) in [6.07, 6.45) is -4.36. The molecule has 0 atom stereocenters. The van der Waals surface area contributed by atoms with E-state index in [9.17, 15) is 22.4 Å². The zero-order valence-corrected chi connectivity index (χ0v) is 16.0. The number of benzene rings is 2. The van der Waals surface area contributed by atoms with Crippen LogP contribution in [0.3, 0.4) is 0 Å². The van der Waals surface area contributed by atoms with E-state index >= 15 is 0 Å². The summed E-state index contributed by atoms with van der Waals surface area (Å²) in [5.41, 5.74) is 0.469. The van der Waals surface area contributed by atoms with E-state index in [0.717, 1.165) is 29.0 Å². The minimum absolute atomic E-state index is 0.159. The maximum atomic E-state index is 12.9. The number of aromatic nitrogens is 2. The Hall–Kier alpha value is -2.85. The highest BCUT2D eigenvalue weighted by Crippen LogP contribution is 2.29. The van der Waals surface area contributed by atoms with Gasteiger partial charge in [-0.25, -0.2) is 4.39 Å². The van der Waals surface area contributed by atoms with Gasteiger partial charge >= 0.3 is 6.18 Å². The summed E-state index contributed by atoms with van der Waals surface area (Å²) in [6, 6.07) is 10.3. The highest BCUT2D eigenvalue weighted by atomic mass is 32.1. The van der Waals surface area contributed by atoms with Crippen LogP contribution in [0, 0.1) is 5.82 Å². The largest absolute Gasteiger partial charge is 0.416 e. The topological polar surface area (TPSA) is 58.1 Å². The van der Waals surface area contributed by atoms with Crippen molar-refractivity contribution in [1.82, 2.24) is 15.1 Å². The Balaban J connectivity index is 1.56. The van der Waals surface area contributed by atoms with Crippen molar-refractivity contribution in [3.8, 4) is 0 Å². The molecule has 10 heteroatoms. The van der Waals surface area contributed by atoms with Crippen LogP contribution in [0.2, 0.25) is 0 Å². The van der Waals surface area contributed by atoms with Crippen molar-refractivity contribution >= 4 is 22.9 Å². The van der Waals surface area contributed by atoms with Crippen LogP contribution >= 0.6 is 11.3 Å². The molecule has 0 radical (unpaired) electrons. The molecule has 1 heterocycles. The Morgan fingerprint density at radius 3 is 2.31 bits per heavy atom. The van der Waals surface area contributed by atoms with Crippen molar-refractivity contribution in [3.05, 3.63) is 75.5 Å². The highest BCUT2D eigenvalue weighted by Gasteiger charge is 2.29. The number of carbonyl (C=O) groups is 1. The summed E-state index contributed by atoms with van der Waals surface area (Å²) >= 11 is 1.11. The number of alkyl halides is 3. The molecular formula is C19H16F4N4OS. The Bertz CT molecular complexity index is 971. The second-order valence-corrected chi connectivity index (χ2v) is 7.39. The number of nitrogens with zero attached hydrogens (tertiary/aromatic N) is 3. The van der Waals surface area contributed by atoms with Gasteiger partial charge in [0.2, 0.25) is 5.01 Å². The molecule has 2 aromatic carbocycles. The first-order chi connectivity index (χ1) is 13.7. The normalized spacial score (nSPS) is 11.7. The lowest BCUT2D eigenvalue weighted by Gasteiger charge is -2.15. The molecule has 0 aliphatic rings. The molecule has 0 spiro atoms. The van der Waals surface area contributed by atoms with E-state index in [-0.39, 0.29) is 5.01 Å². The van der Waals surface area contributed by atoms with Crippen LogP contribution in [-0.2, 0) is 19.3 Å². The zero-order valence-electron chi connectivity index (χ0n) is 15.2. The Kier molecular flexibility index (Phi) is 6.23. The lowest BCUT2D eigenvalue weighted by Crippen LogP contribution is -2.17. The number of nitrogens with one attached hydrogen (secondary N) is 1. The molecule has 0 unspecified atom stereocenters. The first kappa shape index (κ1) is 20.9. The molecule has 1 amide bonds. The van der Waals surface area contributed by atoms with Gasteiger partial charge < -0.3 is 5.32 Å². The molecule has 1 N–H and O–H groups in total. The third kappa shape index (κ3) is 5.81. The van der Waals surface area contributed by atoms with Gasteiger partial charge in [-0.05, 0) is 49.0 Å². The summed E-state index contributed by atoms with van der Waals surface area (Å²) in [6.45, 7) is 0.789. The van der Waals surface area contributed by atoms with Crippen molar-refractivity contribution in [1.29, 1.82) is 0 Å². The van der Waals surface area contributed by atoms with Gasteiger partial charge in [0.1, 0.15) is 10.8 Å². The van der Waals surface area contributed by atoms with E-state index in [2.05, 4.69) is 15.5 Å². The van der Waals surface area contributed by atoms with Gasteiger partial charge in [0.15, 0.2) is 0 Å². The van der Waals surface area contributed by atoms with E-state index in [1.54, 1.807) is 7.05 Å². The van der Waals surface area contributed by atoms with Gasteiger partial charge in [-0.1, -0.05) is 23.5 Å². The second-order valence-electron chi connectivity index (χ2n) is 6.33. The summed E-state index contributed by atoms with van der Waals surface area (Å²) in [5.74, 6) is -0.858. The molecule has 1 aromatic heterocycles. The number of anilines is 1. The van der Waals surface area contributed by atoms with Crippen LogP contribution in [0.5, 0.6) is 0 Å². The number of halogens is 4. The minimum Gasteiger partial charge on any atom is -0.320 e. The van der Waals surface area contributed by atoms with Crippen molar-refractivity contribution in [3.63, 3.8) is 0 Å². The molecule has 3 aromatic rings. The van der Waals surface area contributed by atoms with Crippen molar-refractivity contribution in [2.24, 2.45) is 0 Å². The van der Waals surface area contributed by atoms with Gasteiger partial charge in [-0.15, -0.1) is 10.2 Å². The van der Waals surface area contributed by atoms with E-state index < -0.39 is 23.5 Å². The fraction of sp³-hybridized carbons (Fsp3) is 0.211. The predicted molar refractivity (Wildman–Crippen MR) is 101 cm³/mol. The summed E-state index contributed by atoms with van der Waals surface area (Å²) in [7, 11) is 1.79. The Morgan fingerprint density at radius 1 is 1.03 bits per heavy atom. The molecule has 0 aliphatic heterocycles. The first-order valence-corrected chi connectivity index (χ1v) is 9.26. The smallest absolute Gasteiger partial charge is 0.320 e. The van der Waals surface area contributed by atoms with Crippen LogP contribution in [0.4, 0.5) is 23.2 Å². The van der Waals surface area contributed by atoms with Crippen molar-refractivity contribution in [2.45, 2.75) is 19.3 Å². The molecule has 3 rings (SSSR count). The fourth-order valence-electron chi connectivity index (χ4n) is 2.52. The molecule has 0 aliphatic carbocycles. The van der Waals surface area contributed by atoms with Crippen LogP contribution < -0.4 is 5.32 Å². The lowest BCUT2D eigenvalue weighted by molar-refractivity contribution is -0.137. The van der Waals surface area contributed by atoms with E-state index in [1.807, 2.05) is 4.90 Å². The number of carbonyl (C=O) groups excluding carboxylic acids is 1.